The van der Waals surface area contributed by atoms with Gasteiger partial charge in [-0.2, -0.15) is 5.10 Å². The van der Waals surface area contributed by atoms with Crippen LogP contribution < -0.4 is 0 Å². The molecule has 5 aliphatic rings. The lowest BCUT2D eigenvalue weighted by Crippen LogP contribution is -2.49. The standard InChI is InChI=1S/C29H33N3O3S2/c33-25(34)9-5-2-6-10-31-27(35)24(37-28(31)36)14-22-18-32(23-7-3-1-4-8-23)30-26(22)29-15-19-11-20(16-29)13-21(12-19)17-29/h1,3-4,7-8,14,18-21H,2,5-6,9-13,15-17H2,(H,33,34)/b24-14-. The van der Waals surface area contributed by atoms with Crippen LogP contribution >= 0.6 is 24.0 Å². The summed E-state index contributed by atoms with van der Waals surface area (Å²) in [4.78, 5) is 26.5. The molecule has 0 radical (unpaired) electrons. The third kappa shape index (κ3) is 4.90. The van der Waals surface area contributed by atoms with Crippen molar-refractivity contribution in [2.45, 2.75) is 69.6 Å². The Hall–Kier alpha value is -2.45. The molecule has 0 unspecified atom stereocenters. The van der Waals surface area contributed by atoms with Gasteiger partial charge in [-0.05, 0) is 87.3 Å². The van der Waals surface area contributed by atoms with E-state index >= 15 is 0 Å². The number of unbranched alkanes of at least 4 members (excludes halogenated alkanes) is 2. The molecule has 7 rings (SSSR count). The number of carbonyl (C=O) groups is 2. The number of hydrogen-bond donors (Lipinski definition) is 1. The number of aromatic nitrogens is 2. The summed E-state index contributed by atoms with van der Waals surface area (Å²) in [5.74, 6) is 1.59. The van der Waals surface area contributed by atoms with Gasteiger partial charge in [0.2, 0.25) is 0 Å². The van der Waals surface area contributed by atoms with E-state index in [1.807, 2.05) is 29.0 Å². The van der Waals surface area contributed by atoms with Gasteiger partial charge in [-0.3, -0.25) is 14.5 Å². The molecule has 1 N–H and O–H groups in total. The van der Waals surface area contributed by atoms with E-state index in [9.17, 15) is 9.59 Å². The smallest absolute Gasteiger partial charge is 0.303 e. The van der Waals surface area contributed by atoms with E-state index in [0.717, 1.165) is 47.5 Å². The molecule has 0 spiro atoms. The number of aliphatic carboxylic acids is 1. The van der Waals surface area contributed by atoms with Crippen LogP contribution in [0, 0.1) is 17.8 Å². The molecule has 6 nitrogen and oxygen atoms in total. The Kier molecular flexibility index (Phi) is 6.74. The number of carbonyl (C=O) groups excluding carboxylic acids is 1. The molecule has 8 heteroatoms. The first-order chi connectivity index (χ1) is 17.9. The number of thiocarbonyl (C=S) groups is 1. The minimum Gasteiger partial charge on any atom is -0.481 e. The number of carboxylic acid groups (broad SMARTS) is 1. The SMILES string of the molecule is O=C(O)CCCCCN1C(=O)/C(=C/c2cn(-c3ccccc3)nc2C23CC4CC(CC(C4)C2)C3)SC1=S. The molecule has 37 heavy (non-hydrogen) atoms. The second-order valence-corrected chi connectivity index (χ2v) is 13.1. The highest BCUT2D eigenvalue weighted by atomic mass is 32.2. The van der Waals surface area contributed by atoms with Gasteiger partial charge in [0, 0.05) is 30.1 Å². The molecule has 4 bridgehead atoms. The average molecular weight is 536 g/mol. The zero-order valence-electron chi connectivity index (χ0n) is 21.0. The summed E-state index contributed by atoms with van der Waals surface area (Å²) in [7, 11) is 0. The van der Waals surface area contributed by atoms with Crippen LogP contribution in [-0.4, -0.2) is 42.5 Å². The fraction of sp³-hybridized carbons (Fsp3) is 0.517. The van der Waals surface area contributed by atoms with Crippen LogP contribution in [0.3, 0.4) is 0 Å². The average Bonchev–Trinajstić information content (AvgIpc) is 3.40. The number of amides is 1. The molecule has 1 saturated heterocycles. The van der Waals surface area contributed by atoms with E-state index in [0.29, 0.717) is 22.2 Å². The van der Waals surface area contributed by atoms with Crippen molar-refractivity contribution in [2.24, 2.45) is 17.8 Å². The van der Waals surface area contributed by atoms with Gasteiger partial charge in [0.25, 0.3) is 5.91 Å². The van der Waals surface area contributed by atoms with Gasteiger partial charge < -0.3 is 5.11 Å². The maximum Gasteiger partial charge on any atom is 0.303 e. The number of carboxylic acids is 1. The monoisotopic (exact) mass is 535 g/mol. The first kappa shape index (κ1) is 24.9. The minimum absolute atomic E-state index is 0.0443. The number of thioether (sulfide) groups is 1. The summed E-state index contributed by atoms with van der Waals surface area (Å²) in [6.45, 7) is 0.534. The second kappa shape index (κ2) is 10.0. The Bertz CT molecular complexity index is 1220. The van der Waals surface area contributed by atoms with Gasteiger partial charge in [-0.1, -0.05) is 48.6 Å². The van der Waals surface area contributed by atoms with Crippen molar-refractivity contribution in [1.82, 2.24) is 14.7 Å². The molecule has 4 aliphatic carbocycles. The van der Waals surface area contributed by atoms with Gasteiger partial charge >= 0.3 is 5.97 Å². The Balaban J connectivity index is 1.29. The first-order valence-electron chi connectivity index (χ1n) is 13.5. The summed E-state index contributed by atoms with van der Waals surface area (Å²) in [6.07, 6.45) is 14.2. The lowest BCUT2D eigenvalue weighted by molar-refractivity contribution is -0.137. The van der Waals surface area contributed by atoms with Crippen molar-refractivity contribution in [3.8, 4) is 5.69 Å². The van der Waals surface area contributed by atoms with Gasteiger partial charge in [0.15, 0.2) is 0 Å². The fourth-order valence-corrected chi connectivity index (χ4v) is 8.88. The Morgan fingerprint density at radius 3 is 2.41 bits per heavy atom. The maximum absolute atomic E-state index is 13.4. The van der Waals surface area contributed by atoms with Crippen molar-refractivity contribution >= 4 is 46.3 Å². The van der Waals surface area contributed by atoms with E-state index in [1.165, 1.54) is 50.3 Å². The molecule has 1 aromatic heterocycles. The number of rotatable bonds is 9. The molecular formula is C29H33N3O3S2. The van der Waals surface area contributed by atoms with E-state index in [-0.39, 0.29) is 17.7 Å². The number of nitrogens with zero attached hydrogens (tertiary/aromatic N) is 3. The molecule has 2 heterocycles. The molecule has 0 atom stereocenters. The molecule has 2 aromatic rings. The fourth-order valence-electron chi connectivity index (χ4n) is 7.58. The van der Waals surface area contributed by atoms with Gasteiger partial charge in [0.1, 0.15) is 4.32 Å². The van der Waals surface area contributed by atoms with Crippen molar-refractivity contribution in [2.75, 3.05) is 6.54 Å². The largest absolute Gasteiger partial charge is 0.481 e. The van der Waals surface area contributed by atoms with Crippen molar-refractivity contribution in [3.05, 3.63) is 52.7 Å². The summed E-state index contributed by atoms with van der Waals surface area (Å²) >= 11 is 6.95. The number of hydrogen-bond acceptors (Lipinski definition) is 5. The van der Waals surface area contributed by atoms with Crippen molar-refractivity contribution in [3.63, 3.8) is 0 Å². The lowest BCUT2D eigenvalue weighted by atomic mass is 9.48. The molecule has 194 valence electrons. The Morgan fingerprint density at radius 1 is 1.08 bits per heavy atom. The maximum atomic E-state index is 13.4. The Labute approximate surface area is 227 Å². The summed E-state index contributed by atoms with van der Waals surface area (Å²) < 4.78 is 2.57. The van der Waals surface area contributed by atoms with Crippen LogP contribution in [0.1, 0.15) is 75.5 Å². The molecule has 1 aromatic carbocycles. The van der Waals surface area contributed by atoms with Gasteiger partial charge in [0.05, 0.1) is 16.3 Å². The van der Waals surface area contributed by atoms with Crippen LogP contribution in [-0.2, 0) is 15.0 Å². The first-order valence-corrected chi connectivity index (χ1v) is 14.8. The lowest BCUT2D eigenvalue weighted by Gasteiger charge is -2.56. The van der Waals surface area contributed by atoms with Crippen LogP contribution in [0.2, 0.25) is 0 Å². The van der Waals surface area contributed by atoms with Crippen LogP contribution in [0.5, 0.6) is 0 Å². The van der Waals surface area contributed by atoms with E-state index in [2.05, 4.69) is 18.3 Å². The van der Waals surface area contributed by atoms with E-state index in [4.69, 9.17) is 22.4 Å². The number of benzene rings is 1. The highest BCUT2D eigenvalue weighted by Gasteiger charge is 2.53. The minimum atomic E-state index is -0.778. The topological polar surface area (TPSA) is 75.4 Å². The quantitative estimate of drug-likeness (QED) is 0.235. The third-order valence-corrected chi connectivity index (χ3v) is 10.1. The Morgan fingerprint density at radius 2 is 1.76 bits per heavy atom. The molecule has 5 fully saturated rings. The van der Waals surface area contributed by atoms with Crippen molar-refractivity contribution in [1.29, 1.82) is 0 Å². The zero-order chi connectivity index (χ0) is 25.6. The molecule has 1 aliphatic heterocycles. The summed E-state index contributed by atoms with van der Waals surface area (Å²) in [6, 6.07) is 10.2. The molecule has 4 saturated carbocycles. The van der Waals surface area contributed by atoms with Crippen LogP contribution in [0.15, 0.2) is 41.4 Å². The molecular weight excluding hydrogens is 502 g/mol. The third-order valence-electron chi connectivity index (χ3n) is 8.74. The summed E-state index contributed by atoms with van der Waals surface area (Å²) in [5, 5.41) is 14.1. The second-order valence-electron chi connectivity index (χ2n) is 11.4. The van der Waals surface area contributed by atoms with E-state index < -0.39 is 5.97 Å². The molecule has 1 amide bonds. The van der Waals surface area contributed by atoms with Gasteiger partial charge in [-0.25, -0.2) is 4.68 Å². The normalized spacial score (nSPS) is 29.6. The van der Waals surface area contributed by atoms with Crippen LogP contribution in [0.4, 0.5) is 0 Å². The predicted octanol–water partition coefficient (Wildman–Crippen LogP) is 6.19. The van der Waals surface area contributed by atoms with Gasteiger partial charge in [-0.15, -0.1) is 0 Å². The highest BCUT2D eigenvalue weighted by molar-refractivity contribution is 8.26. The highest BCUT2D eigenvalue weighted by Crippen LogP contribution is 2.61. The zero-order valence-corrected chi connectivity index (χ0v) is 22.6. The van der Waals surface area contributed by atoms with Crippen LogP contribution in [0.25, 0.3) is 11.8 Å². The van der Waals surface area contributed by atoms with E-state index in [1.54, 1.807) is 4.90 Å². The van der Waals surface area contributed by atoms with Crippen molar-refractivity contribution < 1.29 is 14.7 Å². The predicted molar refractivity (Wildman–Crippen MR) is 149 cm³/mol. The summed E-state index contributed by atoms with van der Waals surface area (Å²) in [5.41, 5.74) is 3.35. The number of para-hydroxylation sites is 1.